The van der Waals surface area contributed by atoms with Crippen LogP contribution in [0.3, 0.4) is 0 Å². The maximum Gasteiger partial charge on any atom is 0.309 e. The smallest absolute Gasteiger partial charge is 0.309 e. The Hall–Kier alpha value is -1.36. The first-order valence-electron chi connectivity index (χ1n) is 8.16. The maximum absolute atomic E-state index is 12.4. The second kappa shape index (κ2) is 7.27. The van der Waals surface area contributed by atoms with Gasteiger partial charge in [-0.3, -0.25) is 9.48 Å². The van der Waals surface area contributed by atoms with Crippen molar-refractivity contribution in [2.75, 3.05) is 7.11 Å². The minimum atomic E-state index is -0.166. The van der Waals surface area contributed by atoms with E-state index in [4.69, 9.17) is 9.47 Å². The second-order valence-corrected chi connectivity index (χ2v) is 6.41. The standard InChI is InChI=1S/C17H28N2O3/c1-11(10-14-12(2)18-19(4)13(14)3)17(20)22-16-9-7-6-8-15(16)21-5/h11,15-16H,6-10H2,1-5H3/t11-,15+,16-/m0/s1. The van der Waals surface area contributed by atoms with Crippen LogP contribution in [0.2, 0.25) is 0 Å². The molecule has 0 aliphatic heterocycles. The molecule has 2 rings (SSSR count). The third kappa shape index (κ3) is 3.69. The predicted octanol–water partition coefficient (Wildman–Crippen LogP) is 2.72. The van der Waals surface area contributed by atoms with Gasteiger partial charge in [-0.15, -0.1) is 0 Å². The predicted molar refractivity (Wildman–Crippen MR) is 84.7 cm³/mol. The first-order chi connectivity index (χ1) is 10.4. The van der Waals surface area contributed by atoms with Crippen molar-refractivity contribution >= 4 is 5.97 Å². The number of carbonyl (C=O) groups is 1. The monoisotopic (exact) mass is 308 g/mol. The van der Waals surface area contributed by atoms with Gasteiger partial charge in [0.2, 0.25) is 0 Å². The summed E-state index contributed by atoms with van der Waals surface area (Å²) in [7, 11) is 3.63. The van der Waals surface area contributed by atoms with Crippen molar-refractivity contribution in [3.8, 4) is 0 Å². The highest BCUT2D eigenvalue weighted by molar-refractivity contribution is 5.72. The molecule has 1 fully saturated rings. The average molecular weight is 308 g/mol. The van der Waals surface area contributed by atoms with Crippen molar-refractivity contribution in [2.24, 2.45) is 13.0 Å². The van der Waals surface area contributed by atoms with Crippen LogP contribution >= 0.6 is 0 Å². The van der Waals surface area contributed by atoms with Gasteiger partial charge in [0.25, 0.3) is 0 Å². The topological polar surface area (TPSA) is 53.4 Å². The molecule has 124 valence electrons. The average Bonchev–Trinajstić information content (AvgIpc) is 2.74. The van der Waals surface area contributed by atoms with E-state index in [1.54, 1.807) is 7.11 Å². The van der Waals surface area contributed by atoms with Gasteiger partial charge in [0.1, 0.15) is 6.10 Å². The lowest BCUT2D eigenvalue weighted by Gasteiger charge is -2.30. The second-order valence-electron chi connectivity index (χ2n) is 6.41. The molecule has 0 bridgehead atoms. The number of aromatic nitrogens is 2. The molecule has 0 saturated heterocycles. The van der Waals surface area contributed by atoms with Gasteiger partial charge in [0.05, 0.1) is 17.7 Å². The van der Waals surface area contributed by atoms with Crippen molar-refractivity contribution in [1.29, 1.82) is 0 Å². The molecular weight excluding hydrogens is 280 g/mol. The minimum absolute atomic E-state index is 0.0479. The lowest BCUT2D eigenvalue weighted by atomic mass is 9.94. The number of methoxy groups -OCH3 is 1. The Bertz CT molecular complexity index is 524. The molecule has 1 heterocycles. The number of carbonyl (C=O) groups excluding carboxylic acids is 1. The molecule has 1 aromatic heterocycles. The van der Waals surface area contributed by atoms with Gasteiger partial charge in [0.15, 0.2) is 0 Å². The number of ether oxygens (including phenoxy) is 2. The van der Waals surface area contributed by atoms with Crippen molar-refractivity contribution in [3.63, 3.8) is 0 Å². The number of hydrogen-bond donors (Lipinski definition) is 0. The Labute approximate surface area is 133 Å². The molecule has 5 heteroatoms. The Balaban J connectivity index is 1.97. The zero-order chi connectivity index (χ0) is 16.3. The number of hydrogen-bond acceptors (Lipinski definition) is 4. The van der Waals surface area contributed by atoms with E-state index in [9.17, 15) is 4.79 Å². The van der Waals surface area contributed by atoms with Crippen molar-refractivity contribution in [2.45, 2.75) is 65.1 Å². The fraction of sp³-hybridized carbons (Fsp3) is 0.765. The van der Waals surface area contributed by atoms with Gasteiger partial charge in [-0.1, -0.05) is 13.3 Å². The zero-order valence-electron chi connectivity index (χ0n) is 14.4. The summed E-state index contributed by atoms with van der Waals surface area (Å²) < 4.78 is 13.0. The lowest BCUT2D eigenvalue weighted by Crippen LogP contribution is -2.37. The van der Waals surface area contributed by atoms with E-state index in [2.05, 4.69) is 5.10 Å². The molecule has 1 aliphatic carbocycles. The van der Waals surface area contributed by atoms with Crippen LogP contribution in [0.25, 0.3) is 0 Å². The summed E-state index contributed by atoms with van der Waals surface area (Å²) in [5.41, 5.74) is 3.26. The Morgan fingerprint density at radius 1 is 1.32 bits per heavy atom. The van der Waals surface area contributed by atoms with Crippen LogP contribution in [0.4, 0.5) is 0 Å². The summed E-state index contributed by atoms with van der Waals surface area (Å²) in [6.07, 6.45) is 4.76. The number of rotatable bonds is 5. The molecule has 3 atom stereocenters. The van der Waals surface area contributed by atoms with Gasteiger partial charge in [-0.2, -0.15) is 5.10 Å². The maximum atomic E-state index is 12.4. The van der Waals surface area contributed by atoms with E-state index < -0.39 is 0 Å². The molecule has 0 N–H and O–H groups in total. The number of nitrogens with zero attached hydrogens (tertiary/aromatic N) is 2. The molecule has 0 amide bonds. The van der Waals surface area contributed by atoms with E-state index in [0.717, 1.165) is 42.6 Å². The molecule has 0 aromatic carbocycles. The molecule has 1 saturated carbocycles. The van der Waals surface area contributed by atoms with E-state index in [0.29, 0.717) is 6.42 Å². The third-order valence-electron chi connectivity index (χ3n) is 4.78. The van der Waals surface area contributed by atoms with E-state index in [1.807, 2.05) is 32.5 Å². The fourth-order valence-corrected chi connectivity index (χ4v) is 3.24. The Morgan fingerprint density at radius 3 is 2.50 bits per heavy atom. The normalized spacial score (nSPS) is 23.3. The molecule has 1 aromatic rings. The quantitative estimate of drug-likeness (QED) is 0.785. The van der Waals surface area contributed by atoms with Crippen molar-refractivity contribution in [1.82, 2.24) is 9.78 Å². The number of esters is 1. The number of aryl methyl sites for hydroxylation is 2. The van der Waals surface area contributed by atoms with Gasteiger partial charge >= 0.3 is 5.97 Å². The minimum Gasteiger partial charge on any atom is -0.459 e. The van der Waals surface area contributed by atoms with E-state index in [1.165, 1.54) is 0 Å². The summed E-state index contributed by atoms with van der Waals surface area (Å²) in [5, 5.41) is 4.41. The highest BCUT2D eigenvalue weighted by Crippen LogP contribution is 2.25. The third-order valence-corrected chi connectivity index (χ3v) is 4.78. The SMILES string of the molecule is CO[C@@H]1CCCC[C@@H]1OC(=O)[C@@H](C)Cc1c(C)nn(C)c1C. The molecular formula is C17H28N2O3. The van der Waals surface area contributed by atoms with E-state index in [-0.39, 0.29) is 24.1 Å². The van der Waals surface area contributed by atoms with Crippen LogP contribution in [0, 0.1) is 19.8 Å². The summed E-state index contributed by atoms with van der Waals surface area (Å²) in [5.74, 6) is -0.294. The molecule has 0 unspecified atom stereocenters. The Morgan fingerprint density at radius 2 is 1.95 bits per heavy atom. The molecule has 5 nitrogen and oxygen atoms in total. The van der Waals surface area contributed by atoms with Crippen LogP contribution in [0.1, 0.15) is 49.6 Å². The van der Waals surface area contributed by atoms with Crippen LogP contribution in [0.15, 0.2) is 0 Å². The van der Waals surface area contributed by atoms with Crippen molar-refractivity contribution < 1.29 is 14.3 Å². The van der Waals surface area contributed by atoms with Crippen LogP contribution in [-0.4, -0.2) is 35.1 Å². The summed E-state index contributed by atoms with van der Waals surface area (Å²) in [4.78, 5) is 12.4. The largest absolute Gasteiger partial charge is 0.459 e. The summed E-state index contributed by atoms with van der Waals surface area (Å²) in [6.45, 7) is 5.96. The summed E-state index contributed by atoms with van der Waals surface area (Å²) in [6, 6.07) is 0. The molecule has 1 aliphatic rings. The van der Waals surface area contributed by atoms with Gasteiger partial charge in [0, 0.05) is 19.9 Å². The molecule has 0 spiro atoms. The van der Waals surface area contributed by atoms with Gasteiger partial charge in [-0.05, 0) is 45.1 Å². The van der Waals surface area contributed by atoms with Crippen LogP contribution in [0.5, 0.6) is 0 Å². The first kappa shape index (κ1) is 17.0. The first-order valence-corrected chi connectivity index (χ1v) is 8.16. The van der Waals surface area contributed by atoms with Crippen LogP contribution in [-0.2, 0) is 27.7 Å². The summed E-state index contributed by atoms with van der Waals surface area (Å²) >= 11 is 0. The molecule has 22 heavy (non-hydrogen) atoms. The van der Waals surface area contributed by atoms with Gasteiger partial charge < -0.3 is 9.47 Å². The lowest BCUT2D eigenvalue weighted by molar-refractivity contribution is -0.163. The highest BCUT2D eigenvalue weighted by Gasteiger charge is 2.30. The van der Waals surface area contributed by atoms with E-state index >= 15 is 0 Å². The zero-order valence-corrected chi connectivity index (χ0v) is 14.4. The van der Waals surface area contributed by atoms with Gasteiger partial charge in [-0.25, -0.2) is 0 Å². The Kier molecular flexibility index (Phi) is 5.62. The van der Waals surface area contributed by atoms with Crippen LogP contribution < -0.4 is 0 Å². The van der Waals surface area contributed by atoms with Crippen molar-refractivity contribution in [3.05, 3.63) is 17.0 Å². The molecule has 0 radical (unpaired) electrons. The fourth-order valence-electron chi connectivity index (χ4n) is 3.24. The highest BCUT2D eigenvalue weighted by atomic mass is 16.6.